The van der Waals surface area contributed by atoms with E-state index in [-0.39, 0.29) is 23.5 Å². The largest absolute Gasteiger partial charge is 0.416 e. The third kappa shape index (κ3) is 2.96. The Kier molecular flexibility index (Phi) is 4.06. The van der Waals surface area contributed by atoms with Crippen molar-refractivity contribution in [1.29, 1.82) is 0 Å². The second-order valence-corrected chi connectivity index (χ2v) is 6.72. The summed E-state index contributed by atoms with van der Waals surface area (Å²) >= 11 is 0. The molecule has 146 valence electrons. The van der Waals surface area contributed by atoms with Crippen molar-refractivity contribution in [3.8, 4) is 0 Å². The van der Waals surface area contributed by atoms with Crippen molar-refractivity contribution in [3.63, 3.8) is 0 Å². The second kappa shape index (κ2) is 6.12. The first kappa shape index (κ1) is 18.6. The van der Waals surface area contributed by atoms with Gasteiger partial charge in [0.2, 0.25) is 5.91 Å². The molecule has 0 spiro atoms. The molecule has 0 fully saturated rings. The Morgan fingerprint density at radius 3 is 2.25 bits per heavy atom. The molecule has 0 radical (unpaired) electrons. The van der Waals surface area contributed by atoms with Gasteiger partial charge in [0, 0.05) is 17.7 Å². The molecular weight excluding hydrogens is 384 g/mol. The Balaban J connectivity index is 1.93. The summed E-state index contributed by atoms with van der Waals surface area (Å²) in [6, 6.07) is 6.47. The van der Waals surface area contributed by atoms with Gasteiger partial charge < -0.3 is 4.90 Å². The van der Waals surface area contributed by atoms with Gasteiger partial charge in [0.15, 0.2) is 0 Å². The third-order valence-corrected chi connectivity index (χ3v) is 4.96. The van der Waals surface area contributed by atoms with Crippen LogP contribution in [-0.4, -0.2) is 10.8 Å². The number of rotatable bonds is 1. The lowest BCUT2D eigenvalue weighted by atomic mass is 9.94. The molecule has 0 aromatic heterocycles. The molecule has 2 aromatic rings. The number of carbonyl (C=O) groups excluding carboxylic acids is 1. The molecule has 0 N–H and O–H groups in total. The van der Waals surface area contributed by atoms with Crippen LogP contribution < -0.4 is 0 Å². The number of nitrogens with zero attached hydrogens (tertiary/aromatic N) is 1. The number of halogens is 6. The molecular formula is C20H13F6NO. The van der Waals surface area contributed by atoms with Crippen LogP contribution in [0, 0.1) is 0 Å². The van der Waals surface area contributed by atoms with Gasteiger partial charge in [0.25, 0.3) is 0 Å². The smallest absolute Gasteiger partial charge is 0.300 e. The highest BCUT2D eigenvalue weighted by Crippen LogP contribution is 2.49. The molecule has 2 aliphatic heterocycles. The Hall–Kier alpha value is -2.77. The summed E-state index contributed by atoms with van der Waals surface area (Å²) in [6.45, 7) is 0. The fraction of sp³-hybridized carbons (Fsp3) is 0.250. The van der Waals surface area contributed by atoms with Crippen molar-refractivity contribution in [2.45, 2.75) is 31.2 Å². The summed E-state index contributed by atoms with van der Waals surface area (Å²) in [4.78, 5) is 13.8. The zero-order valence-electron chi connectivity index (χ0n) is 14.2. The number of hydrogen-bond acceptors (Lipinski definition) is 1. The molecule has 0 unspecified atom stereocenters. The van der Waals surface area contributed by atoms with Crippen LogP contribution in [0.3, 0.4) is 0 Å². The fourth-order valence-corrected chi connectivity index (χ4v) is 3.76. The molecule has 8 heteroatoms. The topological polar surface area (TPSA) is 20.3 Å². The van der Waals surface area contributed by atoms with Crippen molar-refractivity contribution in [2.75, 3.05) is 0 Å². The van der Waals surface area contributed by atoms with Gasteiger partial charge in [-0.3, -0.25) is 4.79 Å². The number of allylic oxidation sites excluding steroid dienone is 1. The molecule has 0 saturated heterocycles. The normalized spacial score (nSPS) is 19.4. The minimum Gasteiger partial charge on any atom is -0.300 e. The first-order chi connectivity index (χ1) is 13.1. The second-order valence-electron chi connectivity index (χ2n) is 6.72. The lowest BCUT2D eigenvalue weighted by molar-refractivity contribution is -0.138. The molecule has 28 heavy (non-hydrogen) atoms. The van der Waals surface area contributed by atoms with Crippen LogP contribution in [-0.2, 0) is 17.1 Å². The molecule has 0 aliphatic carbocycles. The number of benzene rings is 2. The predicted molar refractivity (Wildman–Crippen MR) is 88.8 cm³/mol. The van der Waals surface area contributed by atoms with Crippen LogP contribution in [0.2, 0.25) is 0 Å². The first-order valence-corrected chi connectivity index (χ1v) is 8.48. The van der Waals surface area contributed by atoms with E-state index in [1.165, 1.54) is 23.1 Å². The van der Waals surface area contributed by atoms with Gasteiger partial charge >= 0.3 is 12.4 Å². The molecule has 1 amide bonds. The van der Waals surface area contributed by atoms with Crippen molar-refractivity contribution < 1.29 is 31.1 Å². The summed E-state index contributed by atoms with van der Waals surface area (Å²) in [5.74, 6) is -0.329. The number of amides is 1. The Morgan fingerprint density at radius 2 is 1.57 bits per heavy atom. The number of fused-ring (bicyclic) bond motifs is 3. The highest BCUT2D eigenvalue weighted by atomic mass is 19.4. The number of carbonyl (C=O) groups is 1. The SMILES string of the molecule is O=C1CCC=C2c3ccc(C(F)(F)F)cc3[C@H](c3cccc(C(F)(F)F)c3)N12. The minimum absolute atomic E-state index is 0.119. The zero-order valence-corrected chi connectivity index (χ0v) is 14.2. The van der Waals surface area contributed by atoms with E-state index in [0.29, 0.717) is 17.7 Å². The van der Waals surface area contributed by atoms with Gasteiger partial charge in [0.05, 0.1) is 17.2 Å². The van der Waals surface area contributed by atoms with Gasteiger partial charge in [-0.2, -0.15) is 26.3 Å². The lowest BCUT2D eigenvalue weighted by Gasteiger charge is -2.29. The molecule has 2 aromatic carbocycles. The highest BCUT2D eigenvalue weighted by Gasteiger charge is 2.42. The maximum atomic E-state index is 13.2. The van der Waals surface area contributed by atoms with Crippen molar-refractivity contribution in [2.24, 2.45) is 0 Å². The van der Waals surface area contributed by atoms with Crippen molar-refractivity contribution in [3.05, 3.63) is 76.4 Å². The highest BCUT2D eigenvalue weighted by molar-refractivity contribution is 5.93. The van der Waals surface area contributed by atoms with Crippen molar-refractivity contribution in [1.82, 2.24) is 4.90 Å². The summed E-state index contributed by atoms with van der Waals surface area (Å²) in [5.41, 5.74) is -0.646. The van der Waals surface area contributed by atoms with E-state index >= 15 is 0 Å². The third-order valence-electron chi connectivity index (χ3n) is 4.96. The maximum absolute atomic E-state index is 13.2. The van der Waals surface area contributed by atoms with E-state index < -0.39 is 29.5 Å². The van der Waals surface area contributed by atoms with Crippen LogP contribution >= 0.6 is 0 Å². The summed E-state index contributed by atoms with van der Waals surface area (Å²) in [6.07, 6.45) is -6.88. The van der Waals surface area contributed by atoms with Crippen molar-refractivity contribution >= 4 is 11.6 Å². The summed E-state index contributed by atoms with van der Waals surface area (Å²) in [5, 5.41) is 0. The Morgan fingerprint density at radius 1 is 0.893 bits per heavy atom. The van der Waals surface area contributed by atoms with E-state index in [1.807, 2.05) is 0 Å². The van der Waals surface area contributed by atoms with E-state index in [0.717, 1.165) is 24.3 Å². The fourth-order valence-electron chi connectivity index (χ4n) is 3.76. The average Bonchev–Trinajstić information content (AvgIpc) is 2.95. The molecule has 0 saturated carbocycles. The Labute approximate surface area is 156 Å². The zero-order chi connectivity index (χ0) is 20.3. The van der Waals surface area contributed by atoms with Crippen LogP contribution in [0.15, 0.2) is 48.5 Å². The van der Waals surface area contributed by atoms with E-state index in [1.54, 1.807) is 6.08 Å². The van der Waals surface area contributed by atoms with Gasteiger partial charge in [-0.15, -0.1) is 0 Å². The first-order valence-electron chi connectivity index (χ1n) is 8.48. The lowest BCUT2D eigenvalue weighted by Crippen LogP contribution is -2.31. The van der Waals surface area contributed by atoms with Crippen LogP contribution in [0.5, 0.6) is 0 Å². The summed E-state index contributed by atoms with van der Waals surface area (Å²) in [7, 11) is 0. The van der Waals surface area contributed by atoms with E-state index in [4.69, 9.17) is 0 Å². The van der Waals surface area contributed by atoms with Gasteiger partial charge in [-0.1, -0.05) is 24.3 Å². The predicted octanol–water partition coefficient (Wildman–Crippen LogP) is 5.79. The van der Waals surface area contributed by atoms with Gasteiger partial charge in [0.1, 0.15) is 0 Å². The quantitative estimate of drug-likeness (QED) is 0.558. The molecule has 1 atom stereocenters. The molecule has 2 aliphatic rings. The van der Waals surface area contributed by atoms with Gasteiger partial charge in [-0.05, 0) is 41.8 Å². The molecule has 2 heterocycles. The van der Waals surface area contributed by atoms with E-state index in [2.05, 4.69) is 0 Å². The monoisotopic (exact) mass is 397 g/mol. The maximum Gasteiger partial charge on any atom is 0.416 e. The number of alkyl halides is 6. The summed E-state index contributed by atoms with van der Waals surface area (Å²) < 4.78 is 79.0. The molecule has 0 bridgehead atoms. The molecule has 2 nitrogen and oxygen atoms in total. The van der Waals surface area contributed by atoms with Crippen LogP contribution in [0.25, 0.3) is 5.70 Å². The standard InChI is InChI=1S/C20H13F6NO/c21-19(22,23)12-4-1-3-11(9-12)18-15-10-13(20(24,25)26)7-8-14(15)16-5-2-6-17(28)27(16)18/h1,3-5,7-10,18H,2,6H2/t18-/m0/s1. The van der Waals surface area contributed by atoms with Crippen LogP contribution in [0.4, 0.5) is 26.3 Å². The van der Waals surface area contributed by atoms with Crippen LogP contribution in [0.1, 0.15) is 46.7 Å². The number of hydrogen-bond donors (Lipinski definition) is 0. The average molecular weight is 397 g/mol. The Bertz CT molecular complexity index is 989. The molecule has 4 rings (SSSR count). The van der Waals surface area contributed by atoms with E-state index in [9.17, 15) is 31.1 Å². The minimum atomic E-state index is -4.60. The van der Waals surface area contributed by atoms with Gasteiger partial charge in [-0.25, -0.2) is 0 Å².